The monoisotopic (exact) mass is 295 g/mol. The summed E-state index contributed by atoms with van der Waals surface area (Å²) in [7, 11) is 1.79. The molecule has 0 spiro atoms. The van der Waals surface area contributed by atoms with Crippen LogP contribution in [-0.4, -0.2) is 13.7 Å². The van der Waals surface area contributed by atoms with E-state index < -0.39 is 0 Å². The Hall–Kier alpha value is -0.540. The van der Waals surface area contributed by atoms with Gasteiger partial charge in [-0.15, -0.1) is 11.3 Å². The predicted molar refractivity (Wildman–Crippen MR) is 87.6 cm³/mol. The van der Waals surface area contributed by atoms with Crippen LogP contribution in [0.2, 0.25) is 0 Å². The van der Waals surface area contributed by atoms with E-state index in [1.807, 2.05) is 11.3 Å². The molecule has 0 amide bonds. The lowest BCUT2D eigenvalue weighted by Crippen LogP contribution is -2.31. The molecule has 1 aromatic heterocycles. The molecule has 2 rings (SSSR count). The number of methoxy groups -OCH3 is 1. The molecule has 114 valence electrons. The van der Waals surface area contributed by atoms with E-state index in [9.17, 15) is 0 Å². The maximum atomic E-state index is 5.56. The maximum Gasteiger partial charge on any atom is 0.134 e. The number of thiophene rings is 1. The highest BCUT2D eigenvalue weighted by Crippen LogP contribution is 2.42. The molecule has 2 nitrogen and oxygen atoms in total. The van der Waals surface area contributed by atoms with Crippen molar-refractivity contribution < 1.29 is 4.74 Å². The third-order valence-corrected chi connectivity index (χ3v) is 5.63. The van der Waals surface area contributed by atoms with E-state index in [0.29, 0.717) is 6.04 Å². The molecular formula is C17H29NOS. The van der Waals surface area contributed by atoms with Crippen LogP contribution in [0.15, 0.2) is 11.4 Å². The van der Waals surface area contributed by atoms with Crippen molar-refractivity contribution in [2.45, 2.75) is 58.4 Å². The number of hydrogen-bond donors (Lipinski definition) is 1. The van der Waals surface area contributed by atoms with Crippen molar-refractivity contribution in [3.05, 3.63) is 16.3 Å². The van der Waals surface area contributed by atoms with Crippen molar-refractivity contribution in [3.63, 3.8) is 0 Å². The van der Waals surface area contributed by atoms with Gasteiger partial charge in [0, 0.05) is 6.04 Å². The second-order valence-electron chi connectivity index (χ2n) is 5.99. The second kappa shape index (κ2) is 8.04. The molecule has 1 aliphatic rings. The summed E-state index contributed by atoms with van der Waals surface area (Å²) >= 11 is 1.85. The normalized spacial score (nSPS) is 24.6. The fourth-order valence-electron chi connectivity index (χ4n) is 3.48. The van der Waals surface area contributed by atoms with E-state index in [-0.39, 0.29) is 0 Å². The minimum atomic E-state index is 0.485. The van der Waals surface area contributed by atoms with Crippen LogP contribution in [0.1, 0.15) is 63.3 Å². The summed E-state index contributed by atoms with van der Waals surface area (Å²) in [6.07, 6.45) is 8.07. The topological polar surface area (TPSA) is 21.3 Å². The smallest absolute Gasteiger partial charge is 0.134 e. The molecule has 1 saturated carbocycles. The molecular weight excluding hydrogens is 266 g/mol. The molecule has 1 heterocycles. The maximum absolute atomic E-state index is 5.56. The Bertz CT molecular complexity index is 390. The Balaban J connectivity index is 2.14. The van der Waals surface area contributed by atoms with E-state index in [1.54, 1.807) is 7.11 Å². The van der Waals surface area contributed by atoms with Crippen LogP contribution in [0.25, 0.3) is 0 Å². The molecule has 0 radical (unpaired) electrons. The second-order valence-corrected chi connectivity index (χ2v) is 6.93. The van der Waals surface area contributed by atoms with Crippen molar-refractivity contribution in [2.75, 3.05) is 13.7 Å². The largest absolute Gasteiger partial charge is 0.496 e. The van der Waals surface area contributed by atoms with E-state index in [0.717, 1.165) is 24.1 Å². The minimum absolute atomic E-state index is 0.485. The van der Waals surface area contributed by atoms with Crippen LogP contribution in [0.5, 0.6) is 5.75 Å². The zero-order valence-electron chi connectivity index (χ0n) is 13.2. The van der Waals surface area contributed by atoms with E-state index in [4.69, 9.17) is 4.74 Å². The molecule has 1 fully saturated rings. The molecule has 1 aliphatic carbocycles. The highest BCUT2D eigenvalue weighted by atomic mass is 32.1. The molecule has 1 aromatic rings. The summed E-state index contributed by atoms with van der Waals surface area (Å²) in [5.41, 5.74) is 0. The van der Waals surface area contributed by atoms with Crippen molar-refractivity contribution in [2.24, 2.45) is 11.8 Å². The number of rotatable bonds is 7. The number of nitrogens with one attached hydrogen (secondary N) is 1. The van der Waals surface area contributed by atoms with Crippen LogP contribution >= 0.6 is 11.3 Å². The van der Waals surface area contributed by atoms with Gasteiger partial charge in [-0.25, -0.2) is 0 Å². The van der Waals surface area contributed by atoms with Crippen LogP contribution in [-0.2, 0) is 0 Å². The first-order valence-corrected chi connectivity index (χ1v) is 9.02. The third kappa shape index (κ3) is 3.76. The van der Waals surface area contributed by atoms with E-state index >= 15 is 0 Å². The summed E-state index contributed by atoms with van der Waals surface area (Å²) in [4.78, 5) is 1.41. The lowest BCUT2D eigenvalue weighted by atomic mass is 9.76. The quantitative estimate of drug-likeness (QED) is 0.763. The van der Waals surface area contributed by atoms with Crippen molar-refractivity contribution in [1.82, 2.24) is 5.32 Å². The summed E-state index contributed by atoms with van der Waals surface area (Å²) in [6, 6.07) is 2.60. The Morgan fingerprint density at radius 3 is 2.95 bits per heavy atom. The Morgan fingerprint density at radius 2 is 2.25 bits per heavy atom. The van der Waals surface area contributed by atoms with Gasteiger partial charge in [0.05, 0.1) is 12.0 Å². The van der Waals surface area contributed by atoms with Gasteiger partial charge in [-0.1, -0.05) is 33.1 Å². The van der Waals surface area contributed by atoms with Gasteiger partial charge < -0.3 is 10.1 Å². The van der Waals surface area contributed by atoms with Gasteiger partial charge in [-0.3, -0.25) is 0 Å². The molecule has 3 heteroatoms. The lowest BCUT2D eigenvalue weighted by molar-refractivity contribution is 0.209. The predicted octanol–water partition coefficient (Wildman–Crippen LogP) is 5.01. The van der Waals surface area contributed by atoms with E-state index in [2.05, 4.69) is 30.6 Å². The number of ether oxygens (including phenoxy) is 1. The standard InChI is InChI=1S/C17H29NOS/c1-4-10-18-16(17-15(19-3)9-11-20-17)14-8-6-7-13(5-2)12-14/h9,11,13-14,16,18H,4-8,10,12H2,1-3H3. The first-order chi connectivity index (χ1) is 9.80. The molecule has 0 saturated heterocycles. The molecule has 0 aliphatic heterocycles. The first kappa shape index (κ1) is 15.8. The Labute approximate surface area is 127 Å². The summed E-state index contributed by atoms with van der Waals surface area (Å²) in [6.45, 7) is 5.68. The first-order valence-electron chi connectivity index (χ1n) is 8.14. The molecule has 0 bridgehead atoms. The summed E-state index contributed by atoms with van der Waals surface area (Å²) < 4.78 is 5.56. The zero-order chi connectivity index (χ0) is 14.4. The van der Waals surface area contributed by atoms with Crippen LogP contribution in [0.3, 0.4) is 0 Å². The molecule has 3 unspecified atom stereocenters. The van der Waals surface area contributed by atoms with Gasteiger partial charge in [0.15, 0.2) is 0 Å². The van der Waals surface area contributed by atoms with Crippen LogP contribution < -0.4 is 10.1 Å². The van der Waals surface area contributed by atoms with Gasteiger partial charge in [0.25, 0.3) is 0 Å². The van der Waals surface area contributed by atoms with Crippen LogP contribution in [0.4, 0.5) is 0 Å². The SMILES string of the molecule is CCCNC(c1sccc1OC)C1CCCC(CC)C1. The zero-order valence-corrected chi connectivity index (χ0v) is 14.0. The highest BCUT2D eigenvalue weighted by Gasteiger charge is 2.30. The van der Waals surface area contributed by atoms with Gasteiger partial charge >= 0.3 is 0 Å². The lowest BCUT2D eigenvalue weighted by Gasteiger charge is -2.34. The van der Waals surface area contributed by atoms with Crippen molar-refractivity contribution in [1.29, 1.82) is 0 Å². The molecule has 20 heavy (non-hydrogen) atoms. The molecule has 0 aromatic carbocycles. The average Bonchev–Trinajstić information content (AvgIpc) is 2.96. The van der Waals surface area contributed by atoms with Crippen molar-refractivity contribution >= 4 is 11.3 Å². The van der Waals surface area contributed by atoms with Gasteiger partial charge in [0.2, 0.25) is 0 Å². The fraction of sp³-hybridized carbons (Fsp3) is 0.765. The molecule has 1 N–H and O–H groups in total. The Kier molecular flexibility index (Phi) is 6.37. The average molecular weight is 295 g/mol. The fourth-order valence-corrected chi connectivity index (χ4v) is 4.51. The van der Waals surface area contributed by atoms with Gasteiger partial charge in [-0.2, -0.15) is 0 Å². The highest BCUT2D eigenvalue weighted by molar-refractivity contribution is 7.10. The summed E-state index contributed by atoms with van der Waals surface area (Å²) in [5, 5.41) is 5.95. The molecule has 3 atom stereocenters. The Morgan fingerprint density at radius 1 is 1.40 bits per heavy atom. The van der Waals surface area contributed by atoms with Crippen LogP contribution in [0, 0.1) is 11.8 Å². The van der Waals surface area contributed by atoms with E-state index in [1.165, 1.54) is 43.4 Å². The number of hydrogen-bond acceptors (Lipinski definition) is 3. The summed E-state index contributed by atoms with van der Waals surface area (Å²) in [5.74, 6) is 2.76. The van der Waals surface area contributed by atoms with Gasteiger partial charge in [0.1, 0.15) is 5.75 Å². The van der Waals surface area contributed by atoms with Crippen molar-refractivity contribution in [3.8, 4) is 5.75 Å². The minimum Gasteiger partial charge on any atom is -0.496 e. The van der Waals surface area contributed by atoms with Gasteiger partial charge in [-0.05, 0) is 49.1 Å². The third-order valence-electron chi connectivity index (χ3n) is 4.65.